The van der Waals surface area contributed by atoms with Crippen LogP contribution in [0, 0.1) is 0 Å². The van der Waals surface area contributed by atoms with E-state index in [4.69, 9.17) is 9.47 Å². The van der Waals surface area contributed by atoms with Gasteiger partial charge in [-0.05, 0) is 48.2 Å². The first kappa shape index (κ1) is 22.0. The summed E-state index contributed by atoms with van der Waals surface area (Å²) in [5.74, 6) is 1.40. The highest BCUT2D eigenvalue weighted by molar-refractivity contribution is 7.99. The topological polar surface area (TPSA) is 76.7 Å². The fourth-order valence-corrected chi connectivity index (χ4v) is 4.03. The number of carbonyl (C=O) groups is 2. The molecule has 2 aromatic rings. The van der Waals surface area contributed by atoms with Crippen LogP contribution in [0.15, 0.2) is 47.4 Å². The molecule has 0 saturated carbocycles. The van der Waals surface area contributed by atoms with Crippen LogP contribution in [-0.4, -0.2) is 30.4 Å². The number of nitrogens with one attached hydrogen (secondary N) is 2. The van der Waals surface area contributed by atoms with Gasteiger partial charge in [-0.2, -0.15) is 0 Å². The van der Waals surface area contributed by atoms with Crippen LogP contribution in [0.4, 0.5) is 0 Å². The Kier molecular flexibility index (Phi) is 8.02. The third-order valence-electron chi connectivity index (χ3n) is 4.76. The van der Waals surface area contributed by atoms with E-state index in [2.05, 4.69) is 41.8 Å². The van der Waals surface area contributed by atoms with E-state index in [9.17, 15) is 9.59 Å². The van der Waals surface area contributed by atoms with Gasteiger partial charge in [0.25, 0.3) is 0 Å². The Bertz CT molecular complexity index is 870. The summed E-state index contributed by atoms with van der Waals surface area (Å²) in [6.07, 6.45) is 3.44. The molecule has 0 aromatic heterocycles. The summed E-state index contributed by atoms with van der Waals surface area (Å²) < 4.78 is 10.7. The van der Waals surface area contributed by atoms with Gasteiger partial charge in [-0.25, -0.2) is 0 Å². The Morgan fingerprint density at radius 3 is 2.53 bits per heavy atom. The number of amides is 2. The quantitative estimate of drug-likeness (QED) is 0.565. The van der Waals surface area contributed by atoms with Gasteiger partial charge in [-0.15, -0.1) is 11.8 Å². The van der Waals surface area contributed by atoms with Crippen molar-refractivity contribution in [1.29, 1.82) is 0 Å². The molecule has 0 saturated heterocycles. The molecule has 3 rings (SSSR count). The first-order chi connectivity index (χ1) is 14.5. The lowest BCUT2D eigenvalue weighted by Gasteiger charge is -2.17. The maximum Gasteiger partial charge on any atom is 0.243 e. The molecule has 30 heavy (non-hydrogen) atoms. The maximum atomic E-state index is 12.7. The number of hydrogen-bond donors (Lipinski definition) is 2. The van der Waals surface area contributed by atoms with Crippen molar-refractivity contribution in [3.05, 3.63) is 53.6 Å². The maximum absolute atomic E-state index is 12.7. The number of benzene rings is 2. The Balaban J connectivity index is 1.53. The van der Waals surface area contributed by atoms with Crippen molar-refractivity contribution in [2.24, 2.45) is 0 Å². The number of carbonyl (C=O) groups excluding carboxylic acids is 2. The molecule has 0 aliphatic carbocycles. The molecule has 2 amide bonds. The van der Waals surface area contributed by atoms with Gasteiger partial charge in [0.2, 0.25) is 18.6 Å². The van der Waals surface area contributed by atoms with Crippen LogP contribution >= 0.6 is 11.8 Å². The van der Waals surface area contributed by atoms with Crippen molar-refractivity contribution in [3.8, 4) is 11.5 Å². The van der Waals surface area contributed by atoms with Crippen LogP contribution in [0.2, 0.25) is 0 Å². The van der Waals surface area contributed by atoms with Gasteiger partial charge < -0.3 is 20.1 Å². The highest BCUT2D eigenvalue weighted by atomic mass is 32.2. The van der Waals surface area contributed by atoms with E-state index in [0.29, 0.717) is 23.8 Å². The van der Waals surface area contributed by atoms with Gasteiger partial charge in [0.1, 0.15) is 6.04 Å². The Labute approximate surface area is 181 Å². The number of hydrogen-bond acceptors (Lipinski definition) is 5. The molecule has 2 aromatic carbocycles. The molecule has 0 spiro atoms. The number of unbranched alkanes of at least 4 members (excludes halogenated alkanes) is 1. The van der Waals surface area contributed by atoms with Crippen molar-refractivity contribution >= 4 is 23.6 Å². The Morgan fingerprint density at radius 2 is 1.80 bits per heavy atom. The largest absolute Gasteiger partial charge is 0.454 e. The molecule has 7 heteroatoms. The summed E-state index contributed by atoms with van der Waals surface area (Å²) in [6, 6.07) is 13.4. The highest BCUT2D eigenvalue weighted by Crippen LogP contribution is 2.32. The van der Waals surface area contributed by atoms with Gasteiger partial charge in [0, 0.05) is 24.1 Å². The molecule has 1 aliphatic rings. The lowest BCUT2D eigenvalue weighted by atomic mass is 10.1. The number of thioether (sulfide) groups is 1. The normalized spacial score (nSPS) is 13.0. The van der Waals surface area contributed by atoms with Crippen LogP contribution in [0.25, 0.3) is 0 Å². The second kappa shape index (κ2) is 10.9. The number of fused-ring (bicyclic) bond motifs is 1. The number of rotatable bonds is 10. The second-order valence-corrected chi connectivity index (χ2v) is 8.31. The number of aryl methyl sites for hydroxylation is 1. The monoisotopic (exact) mass is 428 g/mol. The second-order valence-electron chi connectivity index (χ2n) is 7.22. The van der Waals surface area contributed by atoms with E-state index in [1.807, 2.05) is 18.2 Å². The van der Waals surface area contributed by atoms with Crippen LogP contribution in [0.5, 0.6) is 11.5 Å². The number of ether oxygens (including phenoxy) is 2. The van der Waals surface area contributed by atoms with Gasteiger partial charge in [0.15, 0.2) is 11.5 Å². The fourth-order valence-electron chi connectivity index (χ4n) is 3.10. The zero-order valence-corrected chi connectivity index (χ0v) is 18.2. The van der Waals surface area contributed by atoms with Gasteiger partial charge in [-0.3, -0.25) is 9.59 Å². The third kappa shape index (κ3) is 6.42. The van der Waals surface area contributed by atoms with Gasteiger partial charge in [-0.1, -0.05) is 31.5 Å². The van der Waals surface area contributed by atoms with Crippen molar-refractivity contribution in [3.63, 3.8) is 0 Å². The zero-order chi connectivity index (χ0) is 21.3. The minimum Gasteiger partial charge on any atom is -0.454 e. The predicted molar refractivity (Wildman–Crippen MR) is 118 cm³/mol. The summed E-state index contributed by atoms with van der Waals surface area (Å²) in [7, 11) is 0. The van der Waals surface area contributed by atoms with E-state index in [-0.39, 0.29) is 18.6 Å². The molecule has 2 N–H and O–H groups in total. The van der Waals surface area contributed by atoms with Crippen LogP contribution in [0.3, 0.4) is 0 Å². The minimum atomic E-state index is -0.610. The van der Waals surface area contributed by atoms with Crippen LogP contribution in [0.1, 0.15) is 37.8 Å². The molecule has 1 aliphatic heterocycles. The molecular weight excluding hydrogens is 400 g/mol. The van der Waals surface area contributed by atoms with Crippen LogP contribution < -0.4 is 20.1 Å². The van der Waals surface area contributed by atoms with Crippen molar-refractivity contribution < 1.29 is 19.1 Å². The summed E-state index contributed by atoms with van der Waals surface area (Å²) in [5, 5.41) is 5.65. The van der Waals surface area contributed by atoms with Gasteiger partial charge >= 0.3 is 0 Å². The summed E-state index contributed by atoms with van der Waals surface area (Å²) in [5.41, 5.74) is 2.23. The van der Waals surface area contributed by atoms with E-state index in [1.54, 1.807) is 11.8 Å². The lowest BCUT2D eigenvalue weighted by molar-refractivity contribution is -0.127. The van der Waals surface area contributed by atoms with Gasteiger partial charge in [0.05, 0.1) is 0 Å². The lowest BCUT2D eigenvalue weighted by Crippen LogP contribution is -2.47. The Hall–Kier alpha value is -2.67. The zero-order valence-electron chi connectivity index (χ0n) is 17.4. The predicted octanol–water partition coefficient (Wildman–Crippen LogP) is 3.67. The van der Waals surface area contributed by atoms with E-state index in [1.165, 1.54) is 25.3 Å². The SMILES string of the molecule is CCCCc1ccc(SCC(NC(C)=O)C(=O)NCc2ccc3c(c2)OCO3)cc1. The van der Waals surface area contributed by atoms with Crippen molar-refractivity contribution in [1.82, 2.24) is 10.6 Å². The molecule has 0 radical (unpaired) electrons. The molecule has 1 atom stereocenters. The van der Waals surface area contributed by atoms with Crippen molar-refractivity contribution in [2.45, 2.75) is 50.6 Å². The standard InChI is InChI=1S/C23H28N2O4S/c1-3-4-5-17-6-9-19(10-7-17)30-14-20(25-16(2)26)23(27)24-13-18-8-11-21-22(12-18)29-15-28-21/h6-12,20H,3-5,13-15H2,1-2H3,(H,24,27)(H,25,26). The summed E-state index contributed by atoms with van der Waals surface area (Å²) in [4.78, 5) is 25.3. The van der Waals surface area contributed by atoms with E-state index < -0.39 is 6.04 Å². The molecule has 160 valence electrons. The average molecular weight is 429 g/mol. The van der Waals surface area contributed by atoms with E-state index >= 15 is 0 Å². The first-order valence-corrected chi connectivity index (χ1v) is 11.2. The van der Waals surface area contributed by atoms with Crippen molar-refractivity contribution in [2.75, 3.05) is 12.5 Å². The highest BCUT2D eigenvalue weighted by Gasteiger charge is 2.20. The Morgan fingerprint density at radius 1 is 1.07 bits per heavy atom. The average Bonchev–Trinajstić information content (AvgIpc) is 3.22. The molecule has 6 nitrogen and oxygen atoms in total. The minimum absolute atomic E-state index is 0.213. The molecule has 1 heterocycles. The van der Waals surface area contributed by atoms with E-state index in [0.717, 1.165) is 16.9 Å². The molecular formula is C23H28N2O4S. The smallest absolute Gasteiger partial charge is 0.243 e. The third-order valence-corrected chi connectivity index (χ3v) is 5.86. The summed E-state index contributed by atoms with van der Waals surface area (Å²) in [6.45, 7) is 4.17. The molecule has 0 bridgehead atoms. The fraction of sp³-hybridized carbons (Fsp3) is 0.391. The first-order valence-electron chi connectivity index (χ1n) is 10.2. The van der Waals surface area contributed by atoms with Crippen LogP contribution in [-0.2, 0) is 22.6 Å². The summed E-state index contributed by atoms with van der Waals surface area (Å²) >= 11 is 1.56. The molecule has 0 fully saturated rings. The molecule has 1 unspecified atom stereocenters.